The van der Waals surface area contributed by atoms with Gasteiger partial charge < -0.3 is 5.32 Å². The third-order valence-corrected chi connectivity index (χ3v) is 1.55. The second-order valence-electron chi connectivity index (χ2n) is 2.47. The average Bonchev–Trinajstić information content (AvgIpc) is 2.19. The monoisotopic (exact) mass is 170 g/mol. The fourth-order valence-corrected chi connectivity index (χ4v) is 0.933. The largest absolute Gasteiger partial charge is 0.374 e. The standard InChI is InChI=1S/C11H10N2/c1-2-3-7-13-11-6-4-5-10(8-11)9-12/h4-6,8,13H,7H2,1H3. The summed E-state index contributed by atoms with van der Waals surface area (Å²) in [6.07, 6.45) is 0. The van der Waals surface area contributed by atoms with E-state index in [1.54, 1.807) is 19.1 Å². The number of nitrogens with zero attached hydrogens (tertiary/aromatic N) is 1. The van der Waals surface area contributed by atoms with Gasteiger partial charge in [0.2, 0.25) is 0 Å². The Bertz CT molecular complexity index is 377. The Hall–Kier alpha value is -1.93. The Morgan fingerprint density at radius 1 is 1.46 bits per heavy atom. The second-order valence-corrected chi connectivity index (χ2v) is 2.47. The van der Waals surface area contributed by atoms with Gasteiger partial charge in [-0.15, -0.1) is 5.92 Å². The Morgan fingerprint density at radius 3 is 3.00 bits per heavy atom. The molecule has 0 fully saturated rings. The Morgan fingerprint density at radius 2 is 2.31 bits per heavy atom. The van der Waals surface area contributed by atoms with Crippen molar-refractivity contribution in [2.45, 2.75) is 6.92 Å². The number of rotatable bonds is 2. The van der Waals surface area contributed by atoms with E-state index in [4.69, 9.17) is 5.26 Å². The molecule has 13 heavy (non-hydrogen) atoms. The van der Waals surface area contributed by atoms with Crippen LogP contribution in [0.25, 0.3) is 0 Å². The Kier molecular flexibility index (Phi) is 3.42. The minimum atomic E-state index is 0.616. The van der Waals surface area contributed by atoms with Crippen molar-refractivity contribution in [2.24, 2.45) is 0 Å². The van der Waals surface area contributed by atoms with Crippen LogP contribution in [0.2, 0.25) is 0 Å². The first-order chi connectivity index (χ1) is 6.36. The van der Waals surface area contributed by atoms with E-state index >= 15 is 0 Å². The zero-order valence-corrected chi connectivity index (χ0v) is 7.46. The summed E-state index contributed by atoms with van der Waals surface area (Å²) in [6.45, 7) is 2.42. The van der Waals surface area contributed by atoms with Crippen LogP contribution in [0.5, 0.6) is 0 Å². The van der Waals surface area contributed by atoms with Gasteiger partial charge in [-0.05, 0) is 25.1 Å². The number of hydrogen-bond donors (Lipinski definition) is 1. The maximum atomic E-state index is 8.63. The van der Waals surface area contributed by atoms with Crippen LogP contribution < -0.4 is 5.32 Å². The summed E-state index contributed by atoms with van der Waals surface area (Å²) in [5.74, 6) is 5.68. The molecule has 0 radical (unpaired) electrons. The lowest BCUT2D eigenvalue weighted by Crippen LogP contribution is -1.98. The molecule has 0 saturated heterocycles. The second kappa shape index (κ2) is 4.85. The van der Waals surface area contributed by atoms with Crippen molar-refractivity contribution in [1.29, 1.82) is 5.26 Å². The minimum Gasteiger partial charge on any atom is -0.374 e. The predicted molar refractivity (Wildman–Crippen MR) is 53.1 cm³/mol. The summed E-state index contributed by atoms with van der Waals surface area (Å²) >= 11 is 0. The van der Waals surface area contributed by atoms with Gasteiger partial charge in [-0.2, -0.15) is 5.26 Å². The van der Waals surface area contributed by atoms with Gasteiger partial charge in [0.05, 0.1) is 18.2 Å². The van der Waals surface area contributed by atoms with Crippen molar-refractivity contribution in [3.8, 4) is 17.9 Å². The van der Waals surface area contributed by atoms with Crippen molar-refractivity contribution in [3.05, 3.63) is 29.8 Å². The lowest BCUT2D eigenvalue weighted by molar-refractivity contribution is 1.37. The number of nitriles is 1. The van der Waals surface area contributed by atoms with Crippen LogP contribution >= 0.6 is 0 Å². The predicted octanol–water partition coefficient (Wildman–Crippen LogP) is 1.99. The Labute approximate surface area is 78.2 Å². The first-order valence-electron chi connectivity index (χ1n) is 4.00. The van der Waals surface area contributed by atoms with Gasteiger partial charge >= 0.3 is 0 Å². The quantitative estimate of drug-likeness (QED) is 0.689. The average molecular weight is 170 g/mol. The van der Waals surface area contributed by atoms with Crippen LogP contribution in [0.15, 0.2) is 24.3 Å². The highest BCUT2D eigenvalue weighted by Crippen LogP contribution is 2.08. The third kappa shape index (κ3) is 2.89. The van der Waals surface area contributed by atoms with Crippen LogP contribution in [-0.2, 0) is 0 Å². The van der Waals surface area contributed by atoms with E-state index in [2.05, 4.69) is 23.2 Å². The summed E-state index contributed by atoms with van der Waals surface area (Å²) in [7, 11) is 0. The lowest BCUT2D eigenvalue weighted by Gasteiger charge is -2.00. The van der Waals surface area contributed by atoms with Crippen molar-refractivity contribution < 1.29 is 0 Å². The Balaban J connectivity index is 2.66. The molecule has 0 unspecified atom stereocenters. The van der Waals surface area contributed by atoms with Crippen molar-refractivity contribution >= 4 is 5.69 Å². The minimum absolute atomic E-state index is 0.616. The van der Waals surface area contributed by atoms with Crippen molar-refractivity contribution in [2.75, 3.05) is 11.9 Å². The highest BCUT2D eigenvalue weighted by molar-refractivity contribution is 5.49. The molecule has 64 valence electrons. The van der Waals surface area contributed by atoms with Gasteiger partial charge in [-0.25, -0.2) is 0 Å². The van der Waals surface area contributed by atoms with Gasteiger partial charge in [-0.1, -0.05) is 12.0 Å². The van der Waals surface area contributed by atoms with Crippen LogP contribution in [0, 0.1) is 23.2 Å². The molecule has 2 heteroatoms. The van der Waals surface area contributed by atoms with E-state index < -0.39 is 0 Å². The molecule has 1 rings (SSSR count). The molecule has 0 amide bonds. The van der Waals surface area contributed by atoms with Gasteiger partial charge in [0.25, 0.3) is 0 Å². The summed E-state index contributed by atoms with van der Waals surface area (Å²) < 4.78 is 0. The maximum absolute atomic E-state index is 8.63. The smallest absolute Gasteiger partial charge is 0.0992 e. The topological polar surface area (TPSA) is 35.8 Å². The fraction of sp³-hybridized carbons (Fsp3) is 0.182. The molecule has 0 aliphatic carbocycles. The van der Waals surface area contributed by atoms with E-state index in [1.165, 1.54) is 0 Å². The first kappa shape index (κ1) is 9.16. The fourth-order valence-electron chi connectivity index (χ4n) is 0.933. The first-order valence-corrected chi connectivity index (χ1v) is 4.00. The molecule has 0 aliphatic heterocycles. The molecule has 0 aromatic heterocycles. The third-order valence-electron chi connectivity index (χ3n) is 1.55. The molecular formula is C11H10N2. The normalized spacial score (nSPS) is 8.00. The molecule has 1 aromatic rings. The molecule has 0 heterocycles. The molecular weight excluding hydrogens is 160 g/mol. The molecule has 0 bridgehead atoms. The SMILES string of the molecule is CC#CCNc1cccc(C#N)c1. The molecule has 0 atom stereocenters. The highest BCUT2D eigenvalue weighted by Gasteiger charge is 1.91. The number of hydrogen-bond acceptors (Lipinski definition) is 2. The van der Waals surface area contributed by atoms with E-state index in [9.17, 15) is 0 Å². The maximum Gasteiger partial charge on any atom is 0.0992 e. The molecule has 0 spiro atoms. The van der Waals surface area contributed by atoms with Crippen LogP contribution in [0.1, 0.15) is 12.5 Å². The molecule has 1 N–H and O–H groups in total. The van der Waals surface area contributed by atoms with Gasteiger partial charge in [-0.3, -0.25) is 0 Å². The van der Waals surface area contributed by atoms with E-state index in [-0.39, 0.29) is 0 Å². The number of nitrogens with one attached hydrogen (secondary N) is 1. The van der Waals surface area contributed by atoms with E-state index in [0.29, 0.717) is 12.1 Å². The molecule has 0 saturated carbocycles. The van der Waals surface area contributed by atoms with E-state index in [0.717, 1.165) is 5.69 Å². The number of benzene rings is 1. The highest BCUT2D eigenvalue weighted by atomic mass is 14.8. The van der Waals surface area contributed by atoms with Crippen LogP contribution in [0.4, 0.5) is 5.69 Å². The summed E-state index contributed by atoms with van der Waals surface area (Å²) in [6, 6.07) is 9.42. The zero-order valence-electron chi connectivity index (χ0n) is 7.46. The summed E-state index contributed by atoms with van der Waals surface area (Å²) in [5.41, 5.74) is 1.59. The van der Waals surface area contributed by atoms with Gasteiger partial charge in [0.1, 0.15) is 0 Å². The van der Waals surface area contributed by atoms with E-state index in [1.807, 2.05) is 12.1 Å². The molecule has 0 aliphatic rings. The van der Waals surface area contributed by atoms with Crippen LogP contribution in [-0.4, -0.2) is 6.54 Å². The number of anilines is 1. The summed E-state index contributed by atoms with van der Waals surface area (Å²) in [5, 5.41) is 11.7. The van der Waals surface area contributed by atoms with Crippen molar-refractivity contribution in [1.82, 2.24) is 0 Å². The zero-order chi connectivity index (χ0) is 9.52. The molecule has 1 aromatic carbocycles. The van der Waals surface area contributed by atoms with Gasteiger partial charge in [0.15, 0.2) is 0 Å². The summed E-state index contributed by atoms with van der Waals surface area (Å²) in [4.78, 5) is 0. The lowest BCUT2D eigenvalue weighted by atomic mass is 10.2. The molecule has 2 nitrogen and oxygen atoms in total. The van der Waals surface area contributed by atoms with Crippen LogP contribution in [0.3, 0.4) is 0 Å². The van der Waals surface area contributed by atoms with Crippen molar-refractivity contribution in [3.63, 3.8) is 0 Å². The van der Waals surface area contributed by atoms with Gasteiger partial charge in [0, 0.05) is 5.69 Å².